The van der Waals surface area contributed by atoms with Gasteiger partial charge in [-0.25, -0.2) is 14.4 Å². The summed E-state index contributed by atoms with van der Waals surface area (Å²) >= 11 is 0. The first-order valence-corrected chi connectivity index (χ1v) is 11.7. The largest absolute Gasteiger partial charge is 0.478 e. The monoisotopic (exact) mass is 460 g/mol. The molecule has 2 saturated heterocycles. The quantitative estimate of drug-likeness (QED) is 0.532. The van der Waals surface area contributed by atoms with Crippen molar-refractivity contribution < 1.29 is 29.3 Å². The van der Waals surface area contributed by atoms with E-state index in [0.717, 1.165) is 31.5 Å². The van der Waals surface area contributed by atoms with Crippen molar-refractivity contribution in [3.8, 4) is 0 Å². The van der Waals surface area contributed by atoms with Gasteiger partial charge in [0.05, 0.1) is 6.04 Å². The molecule has 8 heteroatoms. The second-order valence-corrected chi connectivity index (χ2v) is 8.87. The second kappa shape index (κ2) is 13.6. The standard InChI is InChI=1S/C21H32N2O2.C4H4O4/c1-17(2)16-19-20(18-10-5-3-6-11-18)25-21(24)23(19)15-9-14-22-12-7-4-8-13-22;5-3(6)1-2-4(7)8/h3,5-6,10-11,17,19-20H,4,7-9,12-16H2,1-2H3;1-2H,(H,5,6)(H,7,8)/b;2-1+/t19-,20+;/m0./s1. The molecular weight excluding hydrogens is 424 g/mol. The second-order valence-electron chi connectivity index (χ2n) is 8.87. The van der Waals surface area contributed by atoms with Crippen LogP contribution in [-0.2, 0) is 14.3 Å². The molecule has 33 heavy (non-hydrogen) atoms. The number of hydrogen-bond donors (Lipinski definition) is 2. The van der Waals surface area contributed by atoms with Crippen molar-refractivity contribution in [3.05, 3.63) is 48.0 Å². The molecule has 0 radical (unpaired) electrons. The summed E-state index contributed by atoms with van der Waals surface area (Å²) in [6.07, 6.45) is 6.86. The highest BCUT2D eigenvalue weighted by molar-refractivity contribution is 5.89. The minimum atomic E-state index is -1.26. The number of nitrogens with zero attached hydrogens (tertiary/aromatic N) is 2. The molecule has 2 atom stereocenters. The van der Waals surface area contributed by atoms with E-state index in [9.17, 15) is 14.4 Å². The highest BCUT2D eigenvalue weighted by atomic mass is 16.6. The summed E-state index contributed by atoms with van der Waals surface area (Å²) in [7, 11) is 0. The molecule has 3 rings (SSSR count). The number of cyclic esters (lactones) is 1. The molecule has 0 spiro atoms. The predicted octanol–water partition coefficient (Wildman–Crippen LogP) is 4.18. The van der Waals surface area contributed by atoms with Crippen molar-refractivity contribution in [2.24, 2.45) is 5.92 Å². The van der Waals surface area contributed by atoms with Crippen LogP contribution in [0.5, 0.6) is 0 Å². The molecule has 1 aromatic carbocycles. The van der Waals surface area contributed by atoms with Gasteiger partial charge in [0.15, 0.2) is 0 Å². The predicted molar refractivity (Wildman–Crippen MR) is 125 cm³/mol. The highest BCUT2D eigenvalue weighted by Crippen LogP contribution is 2.36. The molecule has 0 bridgehead atoms. The number of carboxylic acids is 2. The summed E-state index contributed by atoms with van der Waals surface area (Å²) in [5, 5.41) is 15.6. The molecule has 182 valence electrons. The molecule has 1 amide bonds. The van der Waals surface area contributed by atoms with Gasteiger partial charge in [0, 0.05) is 18.7 Å². The molecule has 2 aliphatic rings. The molecule has 0 unspecified atom stereocenters. The summed E-state index contributed by atoms with van der Waals surface area (Å²) in [6, 6.07) is 10.3. The highest BCUT2D eigenvalue weighted by Gasteiger charge is 2.42. The first kappa shape index (κ1) is 26.4. The molecule has 2 N–H and O–H groups in total. The van der Waals surface area contributed by atoms with Crippen LogP contribution in [-0.4, -0.2) is 70.3 Å². The Hall–Kier alpha value is -2.87. The van der Waals surface area contributed by atoms with Crippen LogP contribution >= 0.6 is 0 Å². The topological polar surface area (TPSA) is 107 Å². The zero-order chi connectivity index (χ0) is 24.2. The normalized spacial score (nSPS) is 21.1. The van der Waals surface area contributed by atoms with Gasteiger partial charge in [-0.2, -0.15) is 0 Å². The van der Waals surface area contributed by atoms with Crippen LogP contribution in [0.2, 0.25) is 0 Å². The SMILES string of the molecule is CC(C)C[C@H]1[C@@H](c2ccccc2)OC(=O)N1CCCN1CCCCC1.O=C(O)/C=C/C(=O)O. The van der Waals surface area contributed by atoms with Crippen LogP contribution in [0.15, 0.2) is 42.5 Å². The lowest BCUT2D eigenvalue weighted by Gasteiger charge is -2.29. The fraction of sp³-hybridized carbons (Fsp3) is 0.560. The van der Waals surface area contributed by atoms with Crippen molar-refractivity contribution in [2.45, 2.75) is 58.1 Å². The van der Waals surface area contributed by atoms with Gasteiger partial charge in [0.25, 0.3) is 0 Å². The van der Waals surface area contributed by atoms with Crippen LogP contribution in [0.1, 0.15) is 57.6 Å². The number of likely N-dealkylation sites (tertiary alicyclic amines) is 1. The van der Waals surface area contributed by atoms with E-state index in [0.29, 0.717) is 18.1 Å². The zero-order valence-corrected chi connectivity index (χ0v) is 19.6. The van der Waals surface area contributed by atoms with E-state index >= 15 is 0 Å². The minimum Gasteiger partial charge on any atom is -0.478 e. The fourth-order valence-electron chi connectivity index (χ4n) is 4.27. The smallest absolute Gasteiger partial charge is 0.410 e. The van der Waals surface area contributed by atoms with E-state index < -0.39 is 11.9 Å². The number of carbonyl (C=O) groups excluding carboxylic acids is 1. The van der Waals surface area contributed by atoms with Gasteiger partial charge in [0.2, 0.25) is 0 Å². The molecule has 2 heterocycles. The third-order valence-electron chi connectivity index (χ3n) is 5.74. The zero-order valence-electron chi connectivity index (χ0n) is 19.6. The van der Waals surface area contributed by atoms with Crippen LogP contribution < -0.4 is 0 Å². The van der Waals surface area contributed by atoms with Gasteiger partial charge in [0.1, 0.15) is 6.10 Å². The molecule has 2 aliphatic heterocycles. The van der Waals surface area contributed by atoms with Gasteiger partial charge in [-0.1, -0.05) is 50.6 Å². The van der Waals surface area contributed by atoms with E-state index in [4.69, 9.17) is 14.9 Å². The third-order valence-corrected chi connectivity index (χ3v) is 5.74. The summed E-state index contributed by atoms with van der Waals surface area (Å²) in [4.78, 5) is 36.2. The first-order chi connectivity index (χ1) is 15.8. The summed E-state index contributed by atoms with van der Waals surface area (Å²) in [6.45, 7) is 8.76. The number of piperidine rings is 1. The van der Waals surface area contributed by atoms with Gasteiger partial charge >= 0.3 is 18.0 Å². The Morgan fingerprint density at radius 2 is 1.64 bits per heavy atom. The number of carbonyl (C=O) groups is 3. The Balaban J connectivity index is 0.000000414. The molecule has 2 fully saturated rings. The van der Waals surface area contributed by atoms with Gasteiger partial charge in [-0.3, -0.25) is 0 Å². The molecule has 0 aromatic heterocycles. The Morgan fingerprint density at radius 3 is 2.18 bits per heavy atom. The summed E-state index contributed by atoms with van der Waals surface area (Å²) in [5.74, 6) is -1.98. The number of amides is 1. The van der Waals surface area contributed by atoms with Crippen molar-refractivity contribution >= 4 is 18.0 Å². The lowest BCUT2D eigenvalue weighted by Crippen LogP contribution is -2.38. The van der Waals surface area contributed by atoms with Crippen LogP contribution in [0, 0.1) is 5.92 Å². The number of ether oxygens (including phenoxy) is 1. The number of rotatable bonds is 9. The van der Waals surface area contributed by atoms with Crippen molar-refractivity contribution in [3.63, 3.8) is 0 Å². The average Bonchev–Trinajstić information content (AvgIpc) is 3.09. The lowest BCUT2D eigenvalue weighted by molar-refractivity contribution is -0.134. The van der Waals surface area contributed by atoms with Gasteiger partial charge in [-0.15, -0.1) is 0 Å². The van der Waals surface area contributed by atoms with Crippen molar-refractivity contribution in [1.82, 2.24) is 9.80 Å². The van der Waals surface area contributed by atoms with Crippen molar-refractivity contribution in [1.29, 1.82) is 0 Å². The van der Waals surface area contributed by atoms with E-state index in [2.05, 4.69) is 30.9 Å². The molecule has 8 nitrogen and oxygen atoms in total. The van der Waals surface area contributed by atoms with Crippen LogP contribution in [0.4, 0.5) is 4.79 Å². The van der Waals surface area contributed by atoms with E-state index in [1.165, 1.54) is 32.4 Å². The maximum absolute atomic E-state index is 12.5. The Bertz CT molecular complexity index is 773. The minimum absolute atomic E-state index is 0.133. The molecule has 0 aliphatic carbocycles. The third kappa shape index (κ3) is 9.26. The molecular formula is C25H36N2O6. The Kier molecular flexibility index (Phi) is 10.9. The van der Waals surface area contributed by atoms with E-state index in [-0.39, 0.29) is 18.2 Å². The number of carboxylic acid groups (broad SMARTS) is 2. The lowest BCUT2D eigenvalue weighted by atomic mass is 9.94. The van der Waals surface area contributed by atoms with Crippen LogP contribution in [0.25, 0.3) is 0 Å². The van der Waals surface area contributed by atoms with Gasteiger partial charge < -0.3 is 24.7 Å². The maximum Gasteiger partial charge on any atom is 0.410 e. The maximum atomic E-state index is 12.5. The van der Waals surface area contributed by atoms with E-state index in [1.54, 1.807) is 0 Å². The fourth-order valence-corrected chi connectivity index (χ4v) is 4.27. The molecule has 1 aromatic rings. The number of benzene rings is 1. The average molecular weight is 461 g/mol. The van der Waals surface area contributed by atoms with Crippen molar-refractivity contribution in [2.75, 3.05) is 26.2 Å². The number of aliphatic carboxylic acids is 2. The summed E-state index contributed by atoms with van der Waals surface area (Å²) in [5.41, 5.74) is 1.11. The Labute approximate surface area is 195 Å². The summed E-state index contributed by atoms with van der Waals surface area (Å²) < 4.78 is 5.79. The van der Waals surface area contributed by atoms with Crippen LogP contribution in [0.3, 0.4) is 0 Å². The first-order valence-electron chi connectivity index (χ1n) is 11.7. The molecule has 0 saturated carbocycles. The van der Waals surface area contributed by atoms with Gasteiger partial charge in [-0.05, 0) is 56.8 Å². The number of hydrogen-bond acceptors (Lipinski definition) is 5. The van der Waals surface area contributed by atoms with E-state index in [1.807, 2.05) is 23.1 Å². The Morgan fingerprint density at radius 1 is 1.03 bits per heavy atom.